The molecule has 3 heteroatoms. The second kappa shape index (κ2) is 4.82. The van der Waals surface area contributed by atoms with Crippen LogP contribution in [0, 0.1) is 6.92 Å². The number of hydrogen-bond acceptors (Lipinski definition) is 2. The fourth-order valence-corrected chi connectivity index (χ4v) is 1.41. The lowest BCUT2D eigenvalue weighted by molar-refractivity contribution is 0.0802. The SMILES string of the molecule is CCN(C)C(=O)c1cc(C)cc(NC)c1. The van der Waals surface area contributed by atoms with Gasteiger partial charge in [-0.1, -0.05) is 0 Å². The summed E-state index contributed by atoms with van der Waals surface area (Å²) in [5, 5.41) is 3.05. The predicted molar refractivity (Wildman–Crippen MR) is 63.4 cm³/mol. The van der Waals surface area contributed by atoms with Crippen molar-refractivity contribution in [1.29, 1.82) is 0 Å². The molecule has 0 atom stereocenters. The van der Waals surface area contributed by atoms with Gasteiger partial charge in [-0.3, -0.25) is 4.79 Å². The van der Waals surface area contributed by atoms with Gasteiger partial charge in [0.15, 0.2) is 0 Å². The number of amides is 1. The molecule has 0 aliphatic carbocycles. The van der Waals surface area contributed by atoms with Gasteiger partial charge in [0.2, 0.25) is 0 Å². The monoisotopic (exact) mass is 206 g/mol. The molecule has 1 aromatic rings. The van der Waals surface area contributed by atoms with Gasteiger partial charge in [0.05, 0.1) is 0 Å². The number of carbonyl (C=O) groups is 1. The average Bonchev–Trinajstić information content (AvgIpc) is 2.26. The summed E-state index contributed by atoms with van der Waals surface area (Å²) in [7, 11) is 3.66. The van der Waals surface area contributed by atoms with Gasteiger partial charge in [0.25, 0.3) is 5.91 Å². The van der Waals surface area contributed by atoms with Crippen molar-refractivity contribution >= 4 is 11.6 Å². The van der Waals surface area contributed by atoms with Crippen LogP contribution in [-0.4, -0.2) is 31.4 Å². The zero-order valence-electron chi connectivity index (χ0n) is 9.79. The van der Waals surface area contributed by atoms with E-state index in [1.54, 1.807) is 4.90 Å². The molecule has 15 heavy (non-hydrogen) atoms. The Kier molecular flexibility index (Phi) is 3.72. The molecule has 3 nitrogen and oxygen atoms in total. The Morgan fingerprint density at radius 1 is 1.40 bits per heavy atom. The average molecular weight is 206 g/mol. The van der Waals surface area contributed by atoms with E-state index in [1.807, 2.05) is 46.1 Å². The highest BCUT2D eigenvalue weighted by atomic mass is 16.2. The van der Waals surface area contributed by atoms with E-state index in [9.17, 15) is 4.79 Å². The van der Waals surface area contributed by atoms with Crippen molar-refractivity contribution < 1.29 is 4.79 Å². The van der Waals surface area contributed by atoms with Gasteiger partial charge in [-0.2, -0.15) is 0 Å². The molecule has 1 aromatic carbocycles. The number of benzene rings is 1. The normalized spacial score (nSPS) is 9.87. The van der Waals surface area contributed by atoms with Gasteiger partial charge in [-0.25, -0.2) is 0 Å². The van der Waals surface area contributed by atoms with Crippen molar-refractivity contribution in [1.82, 2.24) is 4.90 Å². The minimum atomic E-state index is 0.0673. The molecule has 0 spiro atoms. The van der Waals surface area contributed by atoms with Crippen molar-refractivity contribution in [2.24, 2.45) is 0 Å². The number of carbonyl (C=O) groups excluding carboxylic acids is 1. The van der Waals surface area contributed by atoms with E-state index < -0.39 is 0 Å². The molecule has 0 bridgehead atoms. The third kappa shape index (κ3) is 2.72. The summed E-state index contributed by atoms with van der Waals surface area (Å²) in [4.78, 5) is 13.6. The molecule has 0 saturated heterocycles. The number of nitrogens with one attached hydrogen (secondary N) is 1. The summed E-state index contributed by atoms with van der Waals surface area (Å²) < 4.78 is 0. The van der Waals surface area contributed by atoms with Crippen LogP contribution in [0.3, 0.4) is 0 Å². The zero-order valence-corrected chi connectivity index (χ0v) is 9.79. The van der Waals surface area contributed by atoms with Crippen LogP contribution in [0.5, 0.6) is 0 Å². The molecular formula is C12H18N2O. The van der Waals surface area contributed by atoms with E-state index in [1.165, 1.54) is 0 Å². The Hall–Kier alpha value is -1.51. The van der Waals surface area contributed by atoms with Crippen LogP contribution in [0.25, 0.3) is 0 Å². The van der Waals surface area contributed by atoms with E-state index >= 15 is 0 Å². The topological polar surface area (TPSA) is 32.3 Å². The highest BCUT2D eigenvalue weighted by Gasteiger charge is 2.10. The molecule has 0 aromatic heterocycles. The summed E-state index contributed by atoms with van der Waals surface area (Å²) >= 11 is 0. The first kappa shape index (κ1) is 11.6. The lowest BCUT2D eigenvalue weighted by Crippen LogP contribution is -2.26. The Morgan fingerprint density at radius 2 is 2.07 bits per heavy atom. The molecule has 0 heterocycles. The Balaban J connectivity index is 3.03. The third-order valence-corrected chi connectivity index (χ3v) is 2.43. The quantitative estimate of drug-likeness (QED) is 0.821. The zero-order chi connectivity index (χ0) is 11.4. The van der Waals surface area contributed by atoms with Crippen LogP contribution in [0.4, 0.5) is 5.69 Å². The molecule has 1 rings (SSSR count). The van der Waals surface area contributed by atoms with E-state index in [0.717, 1.165) is 23.4 Å². The van der Waals surface area contributed by atoms with Gasteiger partial charge in [-0.05, 0) is 37.6 Å². The summed E-state index contributed by atoms with van der Waals surface area (Å²) in [6.07, 6.45) is 0. The van der Waals surface area contributed by atoms with Gasteiger partial charge in [0.1, 0.15) is 0 Å². The number of anilines is 1. The number of rotatable bonds is 3. The fraction of sp³-hybridized carbons (Fsp3) is 0.417. The van der Waals surface area contributed by atoms with Crippen molar-refractivity contribution in [3.63, 3.8) is 0 Å². The van der Waals surface area contributed by atoms with E-state index in [0.29, 0.717) is 0 Å². The second-order valence-corrected chi connectivity index (χ2v) is 3.66. The van der Waals surface area contributed by atoms with Crippen LogP contribution in [0.2, 0.25) is 0 Å². The maximum absolute atomic E-state index is 11.9. The van der Waals surface area contributed by atoms with Crippen molar-refractivity contribution in [2.45, 2.75) is 13.8 Å². The summed E-state index contributed by atoms with van der Waals surface area (Å²) in [5.74, 6) is 0.0673. The number of hydrogen-bond donors (Lipinski definition) is 1. The highest BCUT2D eigenvalue weighted by molar-refractivity contribution is 5.95. The van der Waals surface area contributed by atoms with Crippen molar-refractivity contribution in [2.75, 3.05) is 26.0 Å². The van der Waals surface area contributed by atoms with Gasteiger partial charge in [-0.15, -0.1) is 0 Å². The van der Waals surface area contributed by atoms with Crippen LogP contribution in [0.1, 0.15) is 22.8 Å². The molecule has 0 fully saturated rings. The van der Waals surface area contributed by atoms with E-state index in [-0.39, 0.29) is 5.91 Å². The van der Waals surface area contributed by atoms with Crippen LogP contribution < -0.4 is 5.32 Å². The maximum Gasteiger partial charge on any atom is 0.253 e. The van der Waals surface area contributed by atoms with Crippen molar-refractivity contribution in [3.05, 3.63) is 29.3 Å². The summed E-state index contributed by atoms with van der Waals surface area (Å²) in [6, 6.07) is 5.81. The predicted octanol–water partition coefficient (Wildman–Crippen LogP) is 2.13. The Bertz CT molecular complexity index is 361. The first-order valence-electron chi connectivity index (χ1n) is 5.13. The largest absolute Gasteiger partial charge is 0.388 e. The van der Waals surface area contributed by atoms with Crippen LogP contribution >= 0.6 is 0 Å². The lowest BCUT2D eigenvalue weighted by Gasteiger charge is -2.15. The van der Waals surface area contributed by atoms with E-state index in [2.05, 4.69) is 5.32 Å². The van der Waals surface area contributed by atoms with Gasteiger partial charge < -0.3 is 10.2 Å². The van der Waals surface area contributed by atoms with Gasteiger partial charge >= 0.3 is 0 Å². The fourth-order valence-electron chi connectivity index (χ4n) is 1.41. The third-order valence-electron chi connectivity index (χ3n) is 2.43. The minimum absolute atomic E-state index is 0.0673. The summed E-state index contributed by atoms with van der Waals surface area (Å²) in [5.41, 5.74) is 2.81. The van der Waals surface area contributed by atoms with E-state index in [4.69, 9.17) is 0 Å². The molecule has 0 unspecified atom stereocenters. The van der Waals surface area contributed by atoms with Crippen molar-refractivity contribution in [3.8, 4) is 0 Å². The maximum atomic E-state index is 11.9. The molecule has 0 radical (unpaired) electrons. The standard InChI is InChI=1S/C12H18N2O/c1-5-14(4)12(15)10-6-9(2)7-11(8-10)13-3/h6-8,13H,5H2,1-4H3. The molecule has 82 valence electrons. The lowest BCUT2D eigenvalue weighted by atomic mass is 10.1. The second-order valence-electron chi connectivity index (χ2n) is 3.66. The first-order chi connectivity index (χ1) is 7.08. The molecule has 0 aliphatic heterocycles. The number of aryl methyl sites for hydroxylation is 1. The highest BCUT2D eigenvalue weighted by Crippen LogP contribution is 2.15. The Labute approximate surface area is 91.1 Å². The minimum Gasteiger partial charge on any atom is -0.388 e. The Morgan fingerprint density at radius 3 is 2.60 bits per heavy atom. The molecule has 0 saturated carbocycles. The summed E-state index contributed by atoms with van der Waals surface area (Å²) in [6.45, 7) is 4.68. The number of nitrogens with zero attached hydrogens (tertiary/aromatic N) is 1. The van der Waals surface area contributed by atoms with Gasteiger partial charge in [0, 0.05) is 31.9 Å². The molecule has 1 amide bonds. The first-order valence-corrected chi connectivity index (χ1v) is 5.13. The molecular weight excluding hydrogens is 188 g/mol. The molecule has 1 N–H and O–H groups in total. The molecule has 0 aliphatic rings. The van der Waals surface area contributed by atoms with Crippen LogP contribution in [-0.2, 0) is 0 Å². The smallest absolute Gasteiger partial charge is 0.253 e. The van der Waals surface area contributed by atoms with Crippen LogP contribution in [0.15, 0.2) is 18.2 Å².